The summed E-state index contributed by atoms with van der Waals surface area (Å²) in [4.78, 5) is 2.50. The van der Waals surface area contributed by atoms with E-state index in [4.69, 9.17) is 11.6 Å². The van der Waals surface area contributed by atoms with Crippen molar-refractivity contribution in [2.24, 2.45) is 0 Å². The second-order valence-corrected chi connectivity index (χ2v) is 6.42. The number of hydrogen-bond acceptors (Lipinski definition) is 2. The van der Waals surface area contributed by atoms with Crippen LogP contribution in [0.5, 0.6) is 0 Å². The molecule has 2 unspecified atom stereocenters. The molecule has 0 saturated carbocycles. The summed E-state index contributed by atoms with van der Waals surface area (Å²) in [5.74, 6) is -0.318. The van der Waals surface area contributed by atoms with Crippen LogP contribution in [0.3, 0.4) is 0 Å². The number of rotatable bonds is 6. The molecule has 1 aromatic carbocycles. The molecule has 0 aliphatic carbocycles. The lowest BCUT2D eigenvalue weighted by Gasteiger charge is -2.40. The van der Waals surface area contributed by atoms with E-state index in [-0.39, 0.29) is 10.8 Å². The van der Waals surface area contributed by atoms with Gasteiger partial charge in [-0.25, -0.2) is 4.39 Å². The van der Waals surface area contributed by atoms with Crippen molar-refractivity contribution in [1.82, 2.24) is 10.2 Å². The molecule has 2 rings (SSSR count). The highest BCUT2D eigenvalue weighted by Crippen LogP contribution is 2.21. The van der Waals surface area contributed by atoms with E-state index < -0.39 is 0 Å². The highest BCUT2D eigenvalue weighted by molar-refractivity contribution is 6.30. The lowest BCUT2D eigenvalue weighted by molar-refractivity contribution is 0.111. The Bertz CT molecular complexity index is 452. The van der Waals surface area contributed by atoms with E-state index in [9.17, 15) is 4.39 Å². The molecule has 0 spiro atoms. The largest absolute Gasteiger partial charge is 0.311 e. The SMILES string of the molecule is CCCC1CN(Cc2ccc(Cl)c(F)c2)C(CCC)CN1. The van der Waals surface area contributed by atoms with Gasteiger partial charge in [-0.2, -0.15) is 0 Å². The van der Waals surface area contributed by atoms with E-state index in [0.717, 1.165) is 25.2 Å². The normalized spacial score (nSPS) is 23.4. The van der Waals surface area contributed by atoms with Gasteiger partial charge in [0.15, 0.2) is 0 Å². The van der Waals surface area contributed by atoms with E-state index in [2.05, 4.69) is 24.1 Å². The number of nitrogens with zero attached hydrogens (tertiary/aromatic N) is 1. The number of hydrogen-bond donors (Lipinski definition) is 1. The van der Waals surface area contributed by atoms with Crippen LogP contribution in [-0.4, -0.2) is 30.1 Å². The van der Waals surface area contributed by atoms with Gasteiger partial charge in [0.1, 0.15) is 5.82 Å². The van der Waals surface area contributed by atoms with Gasteiger partial charge in [0, 0.05) is 31.7 Å². The van der Waals surface area contributed by atoms with Crippen LogP contribution in [0.1, 0.15) is 45.1 Å². The van der Waals surface area contributed by atoms with Crippen molar-refractivity contribution in [2.75, 3.05) is 13.1 Å². The summed E-state index contributed by atoms with van der Waals surface area (Å²) >= 11 is 5.77. The Hall–Kier alpha value is -0.640. The minimum absolute atomic E-state index is 0.202. The minimum Gasteiger partial charge on any atom is -0.311 e. The van der Waals surface area contributed by atoms with Crippen molar-refractivity contribution in [1.29, 1.82) is 0 Å². The standard InChI is InChI=1S/C17H26ClFN2/c1-3-5-14-12-21(15(6-4-2)10-20-14)11-13-7-8-16(18)17(19)9-13/h7-9,14-15,20H,3-6,10-12H2,1-2H3. The number of nitrogens with one attached hydrogen (secondary N) is 1. The maximum absolute atomic E-state index is 13.6. The van der Waals surface area contributed by atoms with Crippen LogP contribution in [0, 0.1) is 5.82 Å². The van der Waals surface area contributed by atoms with Crippen LogP contribution in [0.2, 0.25) is 5.02 Å². The van der Waals surface area contributed by atoms with Crippen molar-refractivity contribution in [2.45, 2.75) is 58.2 Å². The third-order valence-electron chi connectivity index (χ3n) is 4.24. The van der Waals surface area contributed by atoms with Crippen LogP contribution < -0.4 is 5.32 Å². The topological polar surface area (TPSA) is 15.3 Å². The highest BCUT2D eigenvalue weighted by Gasteiger charge is 2.26. The molecule has 1 heterocycles. The molecule has 2 atom stereocenters. The summed E-state index contributed by atoms with van der Waals surface area (Å²) in [6.07, 6.45) is 4.75. The van der Waals surface area contributed by atoms with Crippen LogP contribution >= 0.6 is 11.6 Å². The molecule has 0 amide bonds. The number of benzene rings is 1. The fourth-order valence-corrected chi connectivity index (χ4v) is 3.27. The molecule has 0 bridgehead atoms. The van der Waals surface area contributed by atoms with E-state index in [1.807, 2.05) is 6.07 Å². The van der Waals surface area contributed by atoms with Crippen LogP contribution in [-0.2, 0) is 6.54 Å². The molecule has 1 fully saturated rings. The predicted molar refractivity (Wildman–Crippen MR) is 87.2 cm³/mol. The second-order valence-electron chi connectivity index (χ2n) is 6.01. The average molecular weight is 313 g/mol. The molecule has 1 aliphatic heterocycles. The summed E-state index contributed by atoms with van der Waals surface area (Å²) in [7, 11) is 0. The predicted octanol–water partition coefficient (Wildman–Crippen LogP) is 4.22. The number of halogens is 2. The maximum Gasteiger partial charge on any atom is 0.142 e. The first-order valence-electron chi connectivity index (χ1n) is 8.05. The summed E-state index contributed by atoms with van der Waals surface area (Å²) in [5.41, 5.74) is 1.01. The van der Waals surface area contributed by atoms with Crippen molar-refractivity contribution < 1.29 is 4.39 Å². The fraction of sp³-hybridized carbons (Fsp3) is 0.647. The molecule has 0 aromatic heterocycles. The van der Waals surface area contributed by atoms with Gasteiger partial charge in [0.25, 0.3) is 0 Å². The van der Waals surface area contributed by atoms with E-state index >= 15 is 0 Å². The van der Waals surface area contributed by atoms with Gasteiger partial charge in [0.05, 0.1) is 5.02 Å². The maximum atomic E-state index is 13.6. The Morgan fingerprint density at radius 2 is 2.05 bits per heavy atom. The van der Waals surface area contributed by atoms with Crippen molar-refractivity contribution in [3.63, 3.8) is 0 Å². The van der Waals surface area contributed by atoms with E-state index in [0.29, 0.717) is 12.1 Å². The Balaban J connectivity index is 2.05. The smallest absolute Gasteiger partial charge is 0.142 e. The summed E-state index contributed by atoms with van der Waals surface area (Å²) < 4.78 is 13.6. The molecule has 1 saturated heterocycles. The molecule has 1 aromatic rings. The zero-order valence-electron chi connectivity index (χ0n) is 13.0. The summed E-state index contributed by atoms with van der Waals surface area (Å²) in [5, 5.41) is 3.86. The van der Waals surface area contributed by atoms with Crippen molar-refractivity contribution >= 4 is 11.6 Å². The van der Waals surface area contributed by atoms with Gasteiger partial charge in [0.2, 0.25) is 0 Å². The molecular formula is C17H26ClFN2. The average Bonchev–Trinajstić information content (AvgIpc) is 2.46. The molecule has 4 heteroatoms. The third kappa shape index (κ3) is 4.67. The Morgan fingerprint density at radius 3 is 2.71 bits per heavy atom. The van der Waals surface area contributed by atoms with Gasteiger partial charge in [-0.05, 0) is 30.5 Å². The summed E-state index contributed by atoms with van der Waals surface area (Å²) in [6, 6.07) is 6.27. The van der Waals surface area contributed by atoms with Crippen molar-refractivity contribution in [3.8, 4) is 0 Å². The van der Waals surface area contributed by atoms with Crippen molar-refractivity contribution in [3.05, 3.63) is 34.6 Å². The second kappa shape index (κ2) is 8.11. The lowest BCUT2D eigenvalue weighted by Crippen LogP contribution is -2.55. The van der Waals surface area contributed by atoms with Gasteiger partial charge in [-0.15, -0.1) is 0 Å². The quantitative estimate of drug-likeness (QED) is 0.846. The molecule has 118 valence electrons. The Labute approximate surface area is 132 Å². The minimum atomic E-state index is -0.318. The number of piperazine rings is 1. The lowest BCUT2D eigenvalue weighted by atomic mass is 10.0. The summed E-state index contributed by atoms with van der Waals surface area (Å²) in [6.45, 7) is 7.33. The monoisotopic (exact) mass is 312 g/mol. The first-order chi connectivity index (χ1) is 10.1. The highest BCUT2D eigenvalue weighted by atomic mass is 35.5. The van der Waals surface area contributed by atoms with Crippen LogP contribution in [0.15, 0.2) is 18.2 Å². The van der Waals surface area contributed by atoms with E-state index in [1.165, 1.54) is 25.7 Å². The van der Waals surface area contributed by atoms with E-state index in [1.54, 1.807) is 12.1 Å². The van der Waals surface area contributed by atoms with Gasteiger partial charge >= 0.3 is 0 Å². The Kier molecular flexibility index (Phi) is 6.46. The molecule has 1 aliphatic rings. The van der Waals surface area contributed by atoms with Gasteiger partial charge in [-0.1, -0.05) is 44.4 Å². The molecule has 0 radical (unpaired) electrons. The molecular weight excluding hydrogens is 287 g/mol. The zero-order valence-corrected chi connectivity index (χ0v) is 13.8. The van der Waals surface area contributed by atoms with Gasteiger partial charge < -0.3 is 5.32 Å². The molecule has 1 N–H and O–H groups in total. The van der Waals surface area contributed by atoms with Crippen LogP contribution in [0.4, 0.5) is 4.39 Å². The first kappa shape index (κ1) is 16.7. The van der Waals surface area contributed by atoms with Gasteiger partial charge in [-0.3, -0.25) is 4.90 Å². The zero-order chi connectivity index (χ0) is 15.2. The molecule has 2 nitrogen and oxygen atoms in total. The Morgan fingerprint density at radius 1 is 1.29 bits per heavy atom. The fourth-order valence-electron chi connectivity index (χ4n) is 3.15. The van der Waals surface area contributed by atoms with Crippen LogP contribution in [0.25, 0.3) is 0 Å². The molecule has 21 heavy (non-hydrogen) atoms. The first-order valence-corrected chi connectivity index (χ1v) is 8.43. The third-order valence-corrected chi connectivity index (χ3v) is 4.55.